The van der Waals surface area contributed by atoms with E-state index in [2.05, 4.69) is 19.1 Å². The van der Waals surface area contributed by atoms with Gasteiger partial charge >= 0.3 is 0 Å². The Kier molecular flexibility index (Phi) is 4.51. The van der Waals surface area contributed by atoms with E-state index in [-0.39, 0.29) is 0 Å². The van der Waals surface area contributed by atoms with Gasteiger partial charge in [-0.25, -0.2) is 0 Å². The Hall–Kier alpha value is -1.18. The van der Waals surface area contributed by atoms with Crippen LogP contribution in [0.2, 0.25) is 5.02 Å². The molecule has 0 saturated carbocycles. The van der Waals surface area contributed by atoms with Crippen molar-refractivity contribution in [2.45, 2.75) is 19.2 Å². The van der Waals surface area contributed by atoms with Gasteiger partial charge in [-0.1, -0.05) is 36.7 Å². The smallest absolute Gasteiger partial charge is 0.128 e. The molecule has 0 heterocycles. The molecule has 0 unspecified atom stereocenters. The first-order valence-electron chi connectivity index (χ1n) is 5.84. The molecule has 0 fully saturated rings. The number of alkyl halides is 1. The zero-order valence-corrected chi connectivity index (χ0v) is 11.6. The number of halogens is 2. The van der Waals surface area contributed by atoms with Crippen molar-refractivity contribution in [2.24, 2.45) is 0 Å². The number of ether oxygens (including phenoxy) is 1. The number of benzene rings is 2. The monoisotopic (exact) mass is 280 g/mol. The molecule has 0 radical (unpaired) electrons. The molecule has 2 aromatic rings. The van der Waals surface area contributed by atoms with Crippen LogP contribution in [0.3, 0.4) is 0 Å². The largest absolute Gasteiger partial charge is 0.457 e. The minimum absolute atomic E-state index is 0.407. The quantitative estimate of drug-likeness (QED) is 0.678. The van der Waals surface area contributed by atoms with E-state index in [9.17, 15) is 0 Å². The molecule has 94 valence electrons. The standard InChI is InChI=1S/C15H14Cl2O/c1-2-11-3-6-13(7-4-11)18-14-8-5-12(10-16)15(17)9-14/h3-9H,2,10H2,1H3. The van der Waals surface area contributed by atoms with Gasteiger partial charge in [-0.3, -0.25) is 0 Å². The summed E-state index contributed by atoms with van der Waals surface area (Å²) in [4.78, 5) is 0. The highest BCUT2D eigenvalue weighted by Gasteiger charge is 2.03. The third kappa shape index (κ3) is 3.18. The minimum atomic E-state index is 0.407. The molecule has 0 aromatic heterocycles. The lowest BCUT2D eigenvalue weighted by Crippen LogP contribution is -1.87. The summed E-state index contributed by atoms with van der Waals surface area (Å²) in [5.74, 6) is 1.93. The highest BCUT2D eigenvalue weighted by molar-refractivity contribution is 6.32. The van der Waals surface area contributed by atoms with Gasteiger partial charge in [0.2, 0.25) is 0 Å². The Morgan fingerprint density at radius 2 is 1.67 bits per heavy atom. The average Bonchev–Trinajstić information content (AvgIpc) is 2.40. The zero-order valence-electron chi connectivity index (χ0n) is 10.1. The number of hydrogen-bond acceptors (Lipinski definition) is 1. The van der Waals surface area contributed by atoms with E-state index in [0.717, 1.165) is 23.5 Å². The van der Waals surface area contributed by atoms with Crippen molar-refractivity contribution >= 4 is 23.2 Å². The van der Waals surface area contributed by atoms with Crippen LogP contribution < -0.4 is 4.74 Å². The van der Waals surface area contributed by atoms with Crippen LogP contribution in [0, 0.1) is 0 Å². The second-order valence-electron chi connectivity index (χ2n) is 3.99. The van der Waals surface area contributed by atoms with Crippen molar-refractivity contribution in [2.75, 3.05) is 0 Å². The molecule has 0 spiro atoms. The van der Waals surface area contributed by atoms with Crippen molar-refractivity contribution in [1.29, 1.82) is 0 Å². The molecule has 18 heavy (non-hydrogen) atoms. The van der Waals surface area contributed by atoms with Gasteiger partial charge in [0.1, 0.15) is 11.5 Å². The third-order valence-corrected chi connectivity index (χ3v) is 3.38. The molecule has 2 rings (SSSR count). The zero-order chi connectivity index (χ0) is 13.0. The van der Waals surface area contributed by atoms with Gasteiger partial charge in [0.05, 0.1) is 0 Å². The highest BCUT2D eigenvalue weighted by Crippen LogP contribution is 2.27. The van der Waals surface area contributed by atoms with Crippen LogP contribution in [0.5, 0.6) is 11.5 Å². The fraction of sp³-hybridized carbons (Fsp3) is 0.200. The molecule has 0 N–H and O–H groups in total. The third-order valence-electron chi connectivity index (χ3n) is 2.74. The van der Waals surface area contributed by atoms with E-state index in [1.807, 2.05) is 24.3 Å². The summed E-state index contributed by atoms with van der Waals surface area (Å²) in [5, 5.41) is 0.632. The minimum Gasteiger partial charge on any atom is -0.457 e. The van der Waals surface area contributed by atoms with Crippen LogP contribution in [-0.2, 0) is 12.3 Å². The van der Waals surface area contributed by atoms with E-state index in [4.69, 9.17) is 27.9 Å². The molecular weight excluding hydrogens is 267 g/mol. The first-order chi connectivity index (χ1) is 8.72. The number of aryl methyl sites for hydroxylation is 1. The van der Waals surface area contributed by atoms with Crippen LogP contribution in [0.15, 0.2) is 42.5 Å². The Bertz CT molecular complexity index is 521. The Labute approximate surface area is 117 Å². The molecule has 0 bridgehead atoms. The molecule has 0 amide bonds. The van der Waals surface area contributed by atoms with E-state index >= 15 is 0 Å². The van der Waals surface area contributed by atoms with Gasteiger partial charge in [0.25, 0.3) is 0 Å². The van der Waals surface area contributed by atoms with Gasteiger partial charge in [-0.2, -0.15) is 0 Å². The van der Waals surface area contributed by atoms with E-state index in [1.54, 1.807) is 6.07 Å². The highest BCUT2D eigenvalue weighted by atomic mass is 35.5. The summed E-state index contributed by atoms with van der Waals surface area (Å²) in [6.45, 7) is 2.13. The van der Waals surface area contributed by atoms with Gasteiger partial charge in [-0.05, 0) is 41.8 Å². The number of rotatable bonds is 4. The molecule has 0 aliphatic rings. The summed E-state index contributed by atoms with van der Waals surface area (Å²) in [5.41, 5.74) is 2.20. The van der Waals surface area contributed by atoms with E-state index in [1.165, 1.54) is 5.56 Å². The van der Waals surface area contributed by atoms with Crippen LogP contribution in [-0.4, -0.2) is 0 Å². The van der Waals surface area contributed by atoms with Crippen molar-refractivity contribution in [1.82, 2.24) is 0 Å². The maximum atomic E-state index is 6.08. The Morgan fingerprint density at radius 3 is 2.22 bits per heavy atom. The average molecular weight is 281 g/mol. The Morgan fingerprint density at radius 1 is 1.00 bits per heavy atom. The lowest BCUT2D eigenvalue weighted by Gasteiger charge is -2.08. The van der Waals surface area contributed by atoms with Crippen LogP contribution in [0.4, 0.5) is 0 Å². The molecule has 1 nitrogen and oxygen atoms in total. The van der Waals surface area contributed by atoms with Crippen molar-refractivity contribution < 1.29 is 4.74 Å². The predicted octanol–water partition coefficient (Wildman–Crippen LogP) is 5.43. The fourth-order valence-corrected chi connectivity index (χ4v) is 2.17. The molecule has 2 aromatic carbocycles. The summed E-state index contributed by atoms with van der Waals surface area (Å²) < 4.78 is 5.73. The maximum absolute atomic E-state index is 6.08. The SMILES string of the molecule is CCc1ccc(Oc2ccc(CCl)c(Cl)c2)cc1. The second-order valence-corrected chi connectivity index (χ2v) is 4.66. The summed E-state index contributed by atoms with van der Waals surface area (Å²) in [6, 6.07) is 13.6. The first kappa shape index (κ1) is 13.3. The molecular formula is C15H14Cl2O. The maximum Gasteiger partial charge on any atom is 0.128 e. The second kappa shape index (κ2) is 6.12. The van der Waals surface area contributed by atoms with E-state index < -0.39 is 0 Å². The Balaban J connectivity index is 2.15. The fourth-order valence-electron chi connectivity index (χ4n) is 1.63. The van der Waals surface area contributed by atoms with Crippen LogP contribution >= 0.6 is 23.2 Å². The van der Waals surface area contributed by atoms with E-state index in [0.29, 0.717) is 10.9 Å². The van der Waals surface area contributed by atoms with Crippen LogP contribution in [0.1, 0.15) is 18.1 Å². The molecule has 0 saturated heterocycles. The van der Waals surface area contributed by atoms with Gasteiger partial charge in [0, 0.05) is 10.9 Å². The molecule has 0 aliphatic carbocycles. The summed E-state index contributed by atoms with van der Waals surface area (Å²) in [6.07, 6.45) is 1.02. The number of hydrogen-bond donors (Lipinski definition) is 0. The van der Waals surface area contributed by atoms with Gasteiger partial charge in [0.15, 0.2) is 0 Å². The predicted molar refractivity (Wildman–Crippen MR) is 76.9 cm³/mol. The van der Waals surface area contributed by atoms with Gasteiger partial charge < -0.3 is 4.74 Å². The topological polar surface area (TPSA) is 9.23 Å². The summed E-state index contributed by atoms with van der Waals surface area (Å²) >= 11 is 11.8. The lowest BCUT2D eigenvalue weighted by molar-refractivity contribution is 0.482. The molecule has 3 heteroatoms. The molecule has 0 aliphatic heterocycles. The van der Waals surface area contributed by atoms with Crippen molar-refractivity contribution in [3.05, 3.63) is 58.6 Å². The van der Waals surface area contributed by atoms with Crippen molar-refractivity contribution in [3.63, 3.8) is 0 Å². The first-order valence-corrected chi connectivity index (χ1v) is 6.75. The summed E-state index contributed by atoms with van der Waals surface area (Å²) in [7, 11) is 0. The van der Waals surface area contributed by atoms with Crippen LogP contribution in [0.25, 0.3) is 0 Å². The lowest BCUT2D eigenvalue weighted by atomic mass is 10.2. The van der Waals surface area contributed by atoms with Crippen molar-refractivity contribution in [3.8, 4) is 11.5 Å². The molecule has 0 atom stereocenters. The van der Waals surface area contributed by atoms with Gasteiger partial charge in [-0.15, -0.1) is 11.6 Å². The normalized spacial score (nSPS) is 10.4.